The van der Waals surface area contributed by atoms with E-state index in [9.17, 15) is 39.0 Å². The molecule has 8 N–H and O–H groups in total. The third kappa shape index (κ3) is 11.8. The van der Waals surface area contributed by atoms with Crippen LogP contribution >= 0.6 is 12.6 Å². The molecule has 1 aliphatic rings. The number of nitrogens with zero attached hydrogens (tertiary/aromatic N) is 1. The molecule has 268 valence electrons. The molecule has 1 heterocycles. The maximum absolute atomic E-state index is 13.7. The van der Waals surface area contributed by atoms with Crippen molar-refractivity contribution in [2.24, 2.45) is 17.6 Å². The smallest absolute Gasteiger partial charge is 0.328 e. The summed E-state index contributed by atoms with van der Waals surface area (Å²) >= 11 is 4.30. The van der Waals surface area contributed by atoms with Crippen LogP contribution in [-0.4, -0.2) is 105 Å². The van der Waals surface area contributed by atoms with Crippen molar-refractivity contribution < 1.29 is 39.0 Å². The van der Waals surface area contributed by atoms with Gasteiger partial charge < -0.3 is 42.1 Å². The van der Waals surface area contributed by atoms with Crippen molar-refractivity contribution in [3.8, 4) is 0 Å². The van der Waals surface area contributed by atoms with Crippen molar-refractivity contribution in [1.82, 2.24) is 26.2 Å². The number of aliphatic carboxylic acids is 1. The van der Waals surface area contributed by atoms with Gasteiger partial charge in [-0.3, -0.25) is 24.0 Å². The second-order valence-electron chi connectivity index (χ2n) is 12.9. The second-order valence-corrected chi connectivity index (χ2v) is 13.2. The van der Waals surface area contributed by atoms with Gasteiger partial charge in [0.05, 0.1) is 12.1 Å². The Balaban J connectivity index is 2.15. The van der Waals surface area contributed by atoms with E-state index in [0.29, 0.717) is 19.3 Å². The van der Waals surface area contributed by atoms with Crippen LogP contribution in [0, 0.1) is 11.8 Å². The summed E-state index contributed by atoms with van der Waals surface area (Å²) in [6.45, 7) is 8.78. The lowest BCUT2D eigenvalue weighted by atomic mass is 9.97. The molecule has 5 amide bonds. The molecule has 14 nitrogen and oxygen atoms in total. The standard InChI is InChI=1S/C33H52N6O8S/c1-6-19(4)26(37-28(41)22(34)16-21-11-8-7-9-12-21)31(44)36-24(17-48)32(45)39-14-10-13-25(39)30(43)35-23(15-18(2)3)29(42)38-27(20(5)40)33(46)47/h7-9,11-12,18-20,22-27,40,48H,6,10,13-17,34H2,1-5H3,(H,35,43)(H,36,44)(H,37,41)(H,38,42)(H,46,47)/t19-,20+,22-,23-,24-,25-,26-,27-/m0/s1. The minimum atomic E-state index is -1.57. The summed E-state index contributed by atoms with van der Waals surface area (Å²) < 4.78 is 0. The molecule has 1 aliphatic heterocycles. The van der Waals surface area contributed by atoms with E-state index >= 15 is 0 Å². The maximum atomic E-state index is 13.7. The summed E-state index contributed by atoms with van der Waals surface area (Å²) in [6.07, 6.45) is 0.423. The Morgan fingerprint density at radius 1 is 0.917 bits per heavy atom. The summed E-state index contributed by atoms with van der Waals surface area (Å²) in [5, 5.41) is 29.6. The number of thiol groups is 1. The Bertz CT molecular complexity index is 1270. The molecule has 48 heavy (non-hydrogen) atoms. The van der Waals surface area contributed by atoms with E-state index in [1.54, 1.807) is 6.92 Å². The largest absolute Gasteiger partial charge is 0.480 e. The van der Waals surface area contributed by atoms with Crippen LogP contribution in [0.25, 0.3) is 0 Å². The van der Waals surface area contributed by atoms with Crippen LogP contribution in [0.5, 0.6) is 0 Å². The van der Waals surface area contributed by atoms with Gasteiger partial charge in [0.15, 0.2) is 6.04 Å². The molecule has 0 unspecified atom stereocenters. The summed E-state index contributed by atoms with van der Waals surface area (Å²) in [5.41, 5.74) is 7.02. The number of carboxylic acids is 1. The van der Waals surface area contributed by atoms with Crippen LogP contribution in [-0.2, 0) is 35.2 Å². The lowest BCUT2D eigenvalue weighted by Gasteiger charge is -2.31. The van der Waals surface area contributed by atoms with Gasteiger partial charge in [-0.1, -0.05) is 64.4 Å². The van der Waals surface area contributed by atoms with Crippen LogP contribution in [0.4, 0.5) is 0 Å². The lowest BCUT2D eigenvalue weighted by molar-refractivity contribution is -0.145. The number of aliphatic hydroxyl groups excluding tert-OH is 1. The highest BCUT2D eigenvalue weighted by atomic mass is 32.1. The Labute approximate surface area is 287 Å². The molecule has 1 aromatic rings. The van der Waals surface area contributed by atoms with Crippen molar-refractivity contribution in [1.29, 1.82) is 0 Å². The average molecular weight is 693 g/mol. The summed E-state index contributed by atoms with van der Waals surface area (Å²) in [7, 11) is 0. The first-order valence-electron chi connectivity index (χ1n) is 16.4. The number of hydrogen-bond donors (Lipinski definition) is 8. The lowest BCUT2D eigenvalue weighted by Crippen LogP contribution is -2.60. The van der Waals surface area contributed by atoms with E-state index < -0.39 is 77.9 Å². The zero-order valence-corrected chi connectivity index (χ0v) is 29.2. The molecule has 0 spiro atoms. The molecule has 15 heteroatoms. The number of nitrogens with one attached hydrogen (secondary N) is 4. The molecule has 2 rings (SSSR count). The predicted molar refractivity (Wildman–Crippen MR) is 183 cm³/mol. The van der Waals surface area contributed by atoms with Gasteiger partial charge in [0, 0.05) is 12.3 Å². The summed E-state index contributed by atoms with van der Waals surface area (Å²) in [6, 6.07) is 2.60. The highest BCUT2D eigenvalue weighted by molar-refractivity contribution is 7.80. The van der Waals surface area contributed by atoms with E-state index in [1.807, 2.05) is 51.1 Å². The zero-order valence-electron chi connectivity index (χ0n) is 28.3. The van der Waals surface area contributed by atoms with Crippen molar-refractivity contribution in [3.63, 3.8) is 0 Å². The zero-order chi connectivity index (χ0) is 36.1. The highest BCUT2D eigenvalue weighted by Gasteiger charge is 2.40. The van der Waals surface area contributed by atoms with Crippen molar-refractivity contribution in [3.05, 3.63) is 35.9 Å². The molecule has 1 aromatic carbocycles. The Hall–Kier alpha value is -3.69. The van der Waals surface area contributed by atoms with Crippen molar-refractivity contribution >= 4 is 48.1 Å². The Morgan fingerprint density at radius 2 is 1.54 bits per heavy atom. The first-order valence-corrected chi connectivity index (χ1v) is 17.1. The Kier molecular flexibility index (Phi) is 16.3. The minimum Gasteiger partial charge on any atom is -0.480 e. The molecule has 0 aliphatic carbocycles. The van der Waals surface area contributed by atoms with Crippen LogP contribution in [0.3, 0.4) is 0 Å². The topological polar surface area (TPSA) is 220 Å². The van der Waals surface area contributed by atoms with Crippen molar-refractivity contribution in [2.75, 3.05) is 12.3 Å². The third-order valence-corrected chi connectivity index (χ3v) is 8.82. The number of nitrogens with two attached hydrogens (primary N) is 1. The Morgan fingerprint density at radius 3 is 2.08 bits per heavy atom. The number of benzene rings is 1. The fourth-order valence-corrected chi connectivity index (χ4v) is 5.73. The molecule has 0 radical (unpaired) electrons. The van der Waals surface area contributed by atoms with Crippen molar-refractivity contribution in [2.45, 2.75) is 109 Å². The van der Waals surface area contributed by atoms with Gasteiger partial charge in [-0.2, -0.15) is 12.6 Å². The van der Waals surface area contributed by atoms with Gasteiger partial charge in [-0.15, -0.1) is 0 Å². The van der Waals surface area contributed by atoms with Crippen LogP contribution < -0.4 is 27.0 Å². The average Bonchev–Trinajstić information content (AvgIpc) is 3.54. The molecule has 1 fully saturated rings. The molecular formula is C33H52N6O8S. The van der Waals surface area contributed by atoms with Crippen LogP contribution in [0.1, 0.15) is 65.9 Å². The molecule has 0 bridgehead atoms. The third-order valence-electron chi connectivity index (χ3n) is 8.45. The first-order chi connectivity index (χ1) is 22.6. The van der Waals surface area contributed by atoms with Gasteiger partial charge in [0.1, 0.15) is 24.2 Å². The predicted octanol–water partition coefficient (Wildman–Crippen LogP) is -0.0260. The fourth-order valence-electron chi connectivity index (χ4n) is 5.49. The number of likely N-dealkylation sites (tertiary alicyclic amines) is 1. The van der Waals surface area contributed by atoms with E-state index in [0.717, 1.165) is 5.56 Å². The molecule has 1 saturated heterocycles. The van der Waals surface area contributed by atoms with Gasteiger partial charge in [-0.25, -0.2) is 4.79 Å². The first kappa shape index (κ1) is 40.5. The number of hydrogen-bond acceptors (Lipinski definition) is 9. The molecule has 8 atom stereocenters. The van der Waals surface area contributed by atoms with E-state index in [-0.39, 0.29) is 37.0 Å². The monoisotopic (exact) mass is 692 g/mol. The fraction of sp³-hybridized carbons (Fsp3) is 0.636. The number of aliphatic hydroxyl groups is 1. The van der Waals surface area contributed by atoms with E-state index in [2.05, 4.69) is 33.9 Å². The molecular weight excluding hydrogens is 640 g/mol. The maximum Gasteiger partial charge on any atom is 0.328 e. The normalized spacial score (nSPS) is 18.9. The summed E-state index contributed by atoms with van der Waals surface area (Å²) in [4.78, 5) is 79.6. The SMILES string of the molecule is CC[C@H](C)[C@H](NC(=O)[C@@H](N)Cc1ccccc1)C(=O)N[C@@H](CS)C(=O)N1CCC[C@H]1C(=O)N[C@@H](CC(C)C)C(=O)N[C@H](C(=O)O)[C@@H](C)O. The number of rotatable bonds is 18. The second kappa shape index (κ2) is 19.3. The number of carbonyl (C=O) groups is 6. The van der Waals surface area contributed by atoms with E-state index in [1.165, 1.54) is 11.8 Å². The number of carbonyl (C=O) groups excluding carboxylic acids is 5. The van der Waals surface area contributed by atoms with Gasteiger partial charge in [0.25, 0.3) is 0 Å². The quantitative estimate of drug-likeness (QED) is 0.0968. The highest BCUT2D eigenvalue weighted by Crippen LogP contribution is 2.20. The molecule has 0 aromatic heterocycles. The number of carboxylic acid groups (broad SMARTS) is 1. The van der Waals surface area contributed by atoms with Gasteiger partial charge in [0.2, 0.25) is 29.5 Å². The van der Waals surface area contributed by atoms with Crippen LogP contribution in [0.15, 0.2) is 30.3 Å². The van der Waals surface area contributed by atoms with Gasteiger partial charge in [-0.05, 0) is 50.0 Å². The van der Waals surface area contributed by atoms with Crippen LogP contribution in [0.2, 0.25) is 0 Å². The van der Waals surface area contributed by atoms with Gasteiger partial charge >= 0.3 is 5.97 Å². The summed E-state index contributed by atoms with van der Waals surface area (Å²) in [5.74, 6) is -4.88. The number of amides is 5. The minimum absolute atomic E-state index is 0.0622. The molecule has 0 saturated carbocycles. The van der Waals surface area contributed by atoms with E-state index in [4.69, 9.17) is 5.73 Å².